The van der Waals surface area contributed by atoms with Crippen LogP contribution >= 0.6 is 0 Å². The highest BCUT2D eigenvalue weighted by Gasteiger charge is 2.48. The molecule has 0 bridgehead atoms. The SMILES string of the molecule is CCOC(C)(C(=O)Nc1ccc(OC)c(C)c1)C1CC1. The first-order valence-corrected chi connectivity index (χ1v) is 7.11. The molecule has 0 aliphatic heterocycles. The molecule has 1 saturated carbocycles. The topological polar surface area (TPSA) is 47.6 Å². The predicted molar refractivity (Wildman–Crippen MR) is 79.1 cm³/mol. The van der Waals surface area contributed by atoms with E-state index >= 15 is 0 Å². The number of anilines is 1. The molecule has 0 aromatic heterocycles. The molecule has 1 aromatic carbocycles. The number of aryl methyl sites for hydroxylation is 1. The lowest BCUT2D eigenvalue weighted by atomic mass is 9.98. The standard InChI is InChI=1S/C16H23NO3/c1-5-20-16(3,12-6-7-12)15(18)17-13-8-9-14(19-4)11(2)10-13/h8-10,12H,5-7H2,1-4H3,(H,17,18). The number of carbonyl (C=O) groups excluding carboxylic acids is 1. The van der Waals surface area contributed by atoms with Gasteiger partial charge in [0.05, 0.1) is 7.11 Å². The fourth-order valence-corrected chi connectivity index (χ4v) is 2.51. The van der Waals surface area contributed by atoms with Crippen molar-refractivity contribution in [3.05, 3.63) is 23.8 Å². The summed E-state index contributed by atoms with van der Waals surface area (Å²) in [5, 5.41) is 2.96. The zero-order chi connectivity index (χ0) is 14.8. The Bertz CT molecular complexity index is 496. The summed E-state index contributed by atoms with van der Waals surface area (Å²) in [6.07, 6.45) is 2.12. The van der Waals surface area contributed by atoms with E-state index in [4.69, 9.17) is 9.47 Å². The van der Waals surface area contributed by atoms with Crippen LogP contribution in [0.1, 0.15) is 32.3 Å². The molecule has 1 aliphatic carbocycles. The highest BCUT2D eigenvalue weighted by molar-refractivity contribution is 5.97. The molecular formula is C16H23NO3. The lowest BCUT2D eigenvalue weighted by molar-refractivity contribution is -0.141. The summed E-state index contributed by atoms with van der Waals surface area (Å²) in [6.45, 7) is 6.31. The van der Waals surface area contributed by atoms with E-state index in [0.717, 1.165) is 29.8 Å². The van der Waals surface area contributed by atoms with E-state index in [1.54, 1.807) is 7.11 Å². The van der Waals surface area contributed by atoms with Crippen molar-refractivity contribution in [2.45, 2.75) is 39.2 Å². The fraction of sp³-hybridized carbons (Fsp3) is 0.562. The average Bonchev–Trinajstić information content (AvgIpc) is 3.23. The Balaban J connectivity index is 2.12. The normalized spacial score (nSPS) is 17.4. The Morgan fingerprint density at radius 2 is 2.15 bits per heavy atom. The molecule has 1 aliphatic rings. The van der Waals surface area contributed by atoms with E-state index in [1.165, 1.54) is 0 Å². The van der Waals surface area contributed by atoms with Crippen molar-refractivity contribution in [3.63, 3.8) is 0 Å². The van der Waals surface area contributed by atoms with Crippen LogP contribution in [-0.2, 0) is 9.53 Å². The number of rotatable bonds is 6. The molecule has 1 amide bonds. The van der Waals surface area contributed by atoms with E-state index in [2.05, 4.69) is 5.32 Å². The molecule has 4 heteroatoms. The van der Waals surface area contributed by atoms with E-state index in [9.17, 15) is 4.79 Å². The second kappa shape index (κ2) is 5.83. The first kappa shape index (κ1) is 14.9. The molecule has 1 N–H and O–H groups in total. The van der Waals surface area contributed by atoms with Gasteiger partial charge in [-0.1, -0.05) is 0 Å². The minimum Gasteiger partial charge on any atom is -0.496 e. The highest BCUT2D eigenvalue weighted by atomic mass is 16.5. The number of hydrogen-bond acceptors (Lipinski definition) is 3. The molecule has 1 fully saturated rings. The lowest BCUT2D eigenvalue weighted by Crippen LogP contribution is -2.44. The van der Waals surface area contributed by atoms with Gasteiger partial charge in [-0.15, -0.1) is 0 Å². The predicted octanol–water partition coefficient (Wildman–Crippen LogP) is 3.15. The Kier molecular flexibility index (Phi) is 4.33. The minimum atomic E-state index is -0.720. The quantitative estimate of drug-likeness (QED) is 0.869. The first-order chi connectivity index (χ1) is 9.51. The van der Waals surface area contributed by atoms with Gasteiger partial charge in [-0.25, -0.2) is 0 Å². The van der Waals surface area contributed by atoms with Gasteiger partial charge in [0.2, 0.25) is 0 Å². The molecule has 1 atom stereocenters. The number of nitrogens with one attached hydrogen (secondary N) is 1. The van der Waals surface area contributed by atoms with Crippen LogP contribution in [0, 0.1) is 12.8 Å². The number of benzene rings is 1. The molecule has 1 aromatic rings. The summed E-state index contributed by atoms with van der Waals surface area (Å²) in [5.41, 5.74) is 1.05. The van der Waals surface area contributed by atoms with Crippen LogP contribution in [0.3, 0.4) is 0 Å². The molecule has 0 saturated heterocycles. The maximum atomic E-state index is 12.5. The summed E-state index contributed by atoms with van der Waals surface area (Å²) in [4.78, 5) is 12.5. The largest absolute Gasteiger partial charge is 0.496 e. The third-order valence-electron chi connectivity index (χ3n) is 3.90. The van der Waals surface area contributed by atoms with Crippen molar-refractivity contribution in [2.75, 3.05) is 19.0 Å². The van der Waals surface area contributed by atoms with Crippen LogP contribution in [0.4, 0.5) is 5.69 Å². The summed E-state index contributed by atoms with van der Waals surface area (Å²) in [6, 6.07) is 5.62. The lowest BCUT2D eigenvalue weighted by Gasteiger charge is -2.28. The van der Waals surface area contributed by atoms with Crippen LogP contribution in [0.2, 0.25) is 0 Å². The van der Waals surface area contributed by atoms with Gasteiger partial charge >= 0.3 is 0 Å². The first-order valence-electron chi connectivity index (χ1n) is 7.11. The zero-order valence-electron chi connectivity index (χ0n) is 12.7. The van der Waals surface area contributed by atoms with E-state index in [1.807, 2.05) is 39.0 Å². The van der Waals surface area contributed by atoms with Gasteiger partial charge in [-0.05, 0) is 63.3 Å². The number of amides is 1. The summed E-state index contributed by atoms with van der Waals surface area (Å²) >= 11 is 0. The van der Waals surface area contributed by atoms with Gasteiger partial charge in [0, 0.05) is 12.3 Å². The van der Waals surface area contributed by atoms with E-state index in [-0.39, 0.29) is 5.91 Å². The third-order valence-corrected chi connectivity index (χ3v) is 3.90. The van der Waals surface area contributed by atoms with Gasteiger partial charge in [0.1, 0.15) is 11.4 Å². The van der Waals surface area contributed by atoms with Crippen LogP contribution in [0.25, 0.3) is 0 Å². The highest BCUT2D eigenvalue weighted by Crippen LogP contribution is 2.42. The van der Waals surface area contributed by atoms with Gasteiger partial charge < -0.3 is 14.8 Å². The minimum absolute atomic E-state index is 0.0635. The summed E-state index contributed by atoms with van der Waals surface area (Å²) < 4.78 is 10.9. The van der Waals surface area contributed by atoms with Crippen molar-refractivity contribution in [2.24, 2.45) is 5.92 Å². The van der Waals surface area contributed by atoms with Crippen molar-refractivity contribution in [3.8, 4) is 5.75 Å². The Morgan fingerprint density at radius 3 is 2.65 bits per heavy atom. The molecule has 0 spiro atoms. The molecule has 2 rings (SSSR count). The number of methoxy groups -OCH3 is 1. The van der Waals surface area contributed by atoms with Crippen LogP contribution in [0.15, 0.2) is 18.2 Å². The monoisotopic (exact) mass is 277 g/mol. The van der Waals surface area contributed by atoms with Crippen molar-refractivity contribution >= 4 is 11.6 Å². The van der Waals surface area contributed by atoms with Crippen LogP contribution in [-0.4, -0.2) is 25.2 Å². The maximum Gasteiger partial charge on any atom is 0.256 e. The van der Waals surface area contributed by atoms with Crippen LogP contribution < -0.4 is 10.1 Å². The zero-order valence-corrected chi connectivity index (χ0v) is 12.7. The fourth-order valence-electron chi connectivity index (χ4n) is 2.51. The van der Waals surface area contributed by atoms with E-state index < -0.39 is 5.60 Å². The second-order valence-corrected chi connectivity index (χ2v) is 5.45. The molecule has 1 unspecified atom stereocenters. The molecule has 20 heavy (non-hydrogen) atoms. The van der Waals surface area contributed by atoms with Crippen LogP contribution in [0.5, 0.6) is 5.75 Å². The Labute approximate surface area is 120 Å². The number of carbonyl (C=O) groups is 1. The number of hydrogen-bond donors (Lipinski definition) is 1. The van der Waals surface area contributed by atoms with Crippen molar-refractivity contribution < 1.29 is 14.3 Å². The maximum absolute atomic E-state index is 12.5. The van der Waals surface area contributed by atoms with Gasteiger partial charge in [-0.3, -0.25) is 4.79 Å². The number of ether oxygens (including phenoxy) is 2. The van der Waals surface area contributed by atoms with Gasteiger partial charge in [0.25, 0.3) is 5.91 Å². The average molecular weight is 277 g/mol. The Morgan fingerprint density at radius 1 is 1.45 bits per heavy atom. The molecule has 0 radical (unpaired) electrons. The molecule has 4 nitrogen and oxygen atoms in total. The summed E-state index contributed by atoms with van der Waals surface area (Å²) in [5.74, 6) is 1.09. The molecule has 110 valence electrons. The summed E-state index contributed by atoms with van der Waals surface area (Å²) in [7, 11) is 1.64. The van der Waals surface area contributed by atoms with Crippen molar-refractivity contribution in [1.29, 1.82) is 0 Å². The van der Waals surface area contributed by atoms with Gasteiger partial charge in [0.15, 0.2) is 0 Å². The van der Waals surface area contributed by atoms with Crippen molar-refractivity contribution in [1.82, 2.24) is 0 Å². The second-order valence-electron chi connectivity index (χ2n) is 5.45. The van der Waals surface area contributed by atoms with E-state index in [0.29, 0.717) is 12.5 Å². The smallest absolute Gasteiger partial charge is 0.256 e. The Hall–Kier alpha value is -1.55. The van der Waals surface area contributed by atoms with Gasteiger partial charge in [-0.2, -0.15) is 0 Å². The molecule has 0 heterocycles. The molecular weight excluding hydrogens is 254 g/mol. The third kappa shape index (κ3) is 2.96.